The van der Waals surface area contributed by atoms with Gasteiger partial charge in [0.1, 0.15) is 11.6 Å². The van der Waals surface area contributed by atoms with Crippen molar-refractivity contribution in [1.82, 2.24) is 15.1 Å². The first-order chi connectivity index (χ1) is 21.7. The molecular weight excluding hydrogens is 571 g/mol. The van der Waals surface area contributed by atoms with Crippen LogP contribution in [0.2, 0.25) is 0 Å². The van der Waals surface area contributed by atoms with Gasteiger partial charge in [-0.1, -0.05) is 72.7 Å². The van der Waals surface area contributed by atoms with Gasteiger partial charge in [0.15, 0.2) is 6.23 Å². The number of hydrogen-bond donors (Lipinski definition) is 2. The molecular formula is C36H37FN4O4. The first-order valence-electron chi connectivity index (χ1n) is 14.8. The predicted molar refractivity (Wildman–Crippen MR) is 170 cm³/mol. The highest BCUT2D eigenvalue weighted by Crippen LogP contribution is 2.41. The lowest BCUT2D eigenvalue weighted by molar-refractivity contribution is -0.155. The van der Waals surface area contributed by atoms with E-state index in [0.717, 1.165) is 13.1 Å². The number of benzene rings is 3. The van der Waals surface area contributed by atoms with Gasteiger partial charge in [-0.15, -0.1) is 6.42 Å². The fraction of sp³-hybridized carbons (Fsp3) is 0.278. The number of allylic oxidation sites excluding steroid dienone is 1. The molecule has 0 amide bonds. The average molecular weight is 609 g/mol. The number of carbonyl (C=O) groups excluding carboxylic acids is 2. The summed E-state index contributed by atoms with van der Waals surface area (Å²) in [5.74, 6) is -1.03. The average Bonchev–Trinajstić information content (AvgIpc) is 3.05. The number of halogens is 1. The van der Waals surface area contributed by atoms with Gasteiger partial charge >= 0.3 is 11.9 Å². The van der Waals surface area contributed by atoms with Crippen LogP contribution in [-0.4, -0.2) is 61.3 Å². The van der Waals surface area contributed by atoms with Gasteiger partial charge in [-0.25, -0.2) is 14.0 Å². The molecule has 3 N–H and O–H groups in total. The summed E-state index contributed by atoms with van der Waals surface area (Å²) in [6, 6.07) is 25.1. The highest BCUT2D eigenvalue weighted by atomic mass is 19.1. The van der Waals surface area contributed by atoms with E-state index in [1.54, 1.807) is 13.0 Å². The van der Waals surface area contributed by atoms with E-state index in [-0.39, 0.29) is 34.1 Å². The van der Waals surface area contributed by atoms with Crippen LogP contribution in [-0.2, 0) is 19.1 Å². The second-order valence-corrected chi connectivity index (χ2v) is 11.1. The molecule has 0 radical (unpaired) electrons. The van der Waals surface area contributed by atoms with Crippen LogP contribution in [0.4, 0.5) is 4.39 Å². The summed E-state index contributed by atoms with van der Waals surface area (Å²) >= 11 is 0. The van der Waals surface area contributed by atoms with Crippen LogP contribution >= 0.6 is 0 Å². The molecule has 9 heteroatoms. The normalized spacial score (nSPS) is 18.3. The van der Waals surface area contributed by atoms with Crippen LogP contribution in [0.15, 0.2) is 102 Å². The molecule has 8 nitrogen and oxygen atoms in total. The summed E-state index contributed by atoms with van der Waals surface area (Å²) in [5.41, 5.74) is 9.03. The zero-order chi connectivity index (χ0) is 32.1. The zero-order valence-electron chi connectivity index (χ0n) is 25.6. The van der Waals surface area contributed by atoms with Gasteiger partial charge in [0, 0.05) is 43.0 Å². The maximum Gasteiger partial charge on any atom is 0.338 e. The Kier molecular flexibility index (Phi) is 9.67. The Labute approximate surface area is 263 Å². The summed E-state index contributed by atoms with van der Waals surface area (Å²) < 4.78 is 26.4. The van der Waals surface area contributed by atoms with E-state index >= 15 is 4.39 Å². The standard InChI is InChI=1S/C36H37FN4O4/c1-5-25-17-12-18-28(37)30(25)31-29(23(2)39-34(38)32(31)35(42)44-4)36(43)45-24(3)40-19-21-41(22-20-40)33(26-13-8-6-9-14-26)27-15-10-7-11-16-27/h1,6-18,24,31,33,39H,19-22,38H2,2-4H3. The molecule has 0 aromatic heterocycles. The molecule has 0 spiro atoms. The Morgan fingerprint density at radius 3 is 2.04 bits per heavy atom. The summed E-state index contributed by atoms with van der Waals surface area (Å²) in [4.78, 5) is 31.4. The number of rotatable bonds is 8. The Balaban J connectivity index is 1.37. The highest BCUT2D eigenvalue weighted by Gasteiger charge is 2.41. The number of hydrogen-bond acceptors (Lipinski definition) is 8. The summed E-state index contributed by atoms with van der Waals surface area (Å²) in [6.07, 6.45) is 5.11. The largest absolute Gasteiger partial charge is 0.466 e. The smallest absolute Gasteiger partial charge is 0.338 e. The van der Waals surface area contributed by atoms with Crippen LogP contribution in [0.3, 0.4) is 0 Å². The molecule has 0 bridgehead atoms. The lowest BCUT2D eigenvalue weighted by atomic mass is 9.79. The first kappa shape index (κ1) is 31.5. The molecule has 5 rings (SSSR count). The van der Waals surface area contributed by atoms with Crippen molar-refractivity contribution in [3.63, 3.8) is 0 Å². The Bertz CT molecular complexity index is 1620. The predicted octanol–water partition coefficient (Wildman–Crippen LogP) is 4.41. The number of nitrogens with zero attached hydrogens (tertiary/aromatic N) is 2. The van der Waals surface area contributed by atoms with Crippen molar-refractivity contribution in [2.75, 3.05) is 33.3 Å². The molecule has 3 aromatic carbocycles. The first-order valence-corrected chi connectivity index (χ1v) is 14.8. The van der Waals surface area contributed by atoms with E-state index < -0.39 is 29.9 Å². The Hall–Kier alpha value is -4.91. The molecule has 0 saturated carbocycles. The minimum absolute atomic E-state index is 0.0229. The van der Waals surface area contributed by atoms with Crippen molar-refractivity contribution in [2.24, 2.45) is 5.73 Å². The molecule has 2 atom stereocenters. The van der Waals surface area contributed by atoms with Crippen molar-refractivity contribution in [1.29, 1.82) is 0 Å². The minimum Gasteiger partial charge on any atom is -0.466 e. The second-order valence-electron chi connectivity index (χ2n) is 11.1. The lowest BCUT2D eigenvalue weighted by Crippen LogP contribution is -2.51. The van der Waals surface area contributed by atoms with E-state index in [9.17, 15) is 9.59 Å². The van der Waals surface area contributed by atoms with Gasteiger partial charge in [0.05, 0.1) is 30.2 Å². The van der Waals surface area contributed by atoms with Crippen molar-refractivity contribution in [3.05, 3.63) is 130 Å². The van der Waals surface area contributed by atoms with E-state index in [2.05, 4.69) is 69.6 Å². The third kappa shape index (κ3) is 6.48. The Morgan fingerprint density at radius 1 is 0.911 bits per heavy atom. The maximum absolute atomic E-state index is 15.4. The number of terminal acetylenes is 1. The number of methoxy groups -OCH3 is 1. The van der Waals surface area contributed by atoms with Crippen molar-refractivity contribution >= 4 is 11.9 Å². The quantitative estimate of drug-likeness (QED) is 0.287. The number of carbonyl (C=O) groups is 2. The highest BCUT2D eigenvalue weighted by molar-refractivity contribution is 6.00. The number of dihydropyridines is 1. The Morgan fingerprint density at radius 2 is 1.49 bits per heavy atom. The van der Waals surface area contributed by atoms with Crippen LogP contribution < -0.4 is 11.1 Å². The van der Waals surface area contributed by atoms with E-state index in [1.165, 1.54) is 30.4 Å². The van der Waals surface area contributed by atoms with Crippen LogP contribution in [0.25, 0.3) is 0 Å². The molecule has 2 unspecified atom stereocenters. The number of esters is 2. The molecule has 1 fully saturated rings. The fourth-order valence-electron chi connectivity index (χ4n) is 6.24. The van der Waals surface area contributed by atoms with Crippen LogP contribution in [0.5, 0.6) is 0 Å². The molecule has 0 aliphatic carbocycles. The number of piperazine rings is 1. The topological polar surface area (TPSA) is 97.1 Å². The molecule has 2 aliphatic rings. The van der Waals surface area contributed by atoms with Crippen molar-refractivity contribution in [2.45, 2.75) is 32.0 Å². The molecule has 3 aromatic rings. The zero-order valence-corrected chi connectivity index (χ0v) is 25.6. The third-order valence-electron chi connectivity index (χ3n) is 8.45. The van der Waals surface area contributed by atoms with Gasteiger partial charge in [-0.3, -0.25) is 9.80 Å². The second kappa shape index (κ2) is 13.8. The van der Waals surface area contributed by atoms with Crippen molar-refractivity contribution < 1.29 is 23.5 Å². The van der Waals surface area contributed by atoms with Gasteiger partial charge in [0.25, 0.3) is 0 Å². The summed E-state index contributed by atoms with van der Waals surface area (Å²) in [5, 5.41) is 2.88. The number of nitrogens with one attached hydrogen (secondary N) is 1. The fourth-order valence-corrected chi connectivity index (χ4v) is 6.24. The third-order valence-corrected chi connectivity index (χ3v) is 8.45. The number of ether oxygens (including phenoxy) is 2. The van der Waals surface area contributed by atoms with Crippen LogP contribution in [0, 0.1) is 18.2 Å². The van der Waals surface area contributed by atoms with Crippen molar-refractivity contribution in [3.8, 4) is 12.3 Å². The number of nitrogens with two attached hydrogens (primary N) is 1. The molecule has 1 saturated heterocycles. The molecule has 232 valence electrons. The molecule has 2 heterocycles. The van der Waals surface area contributed by atoms with Gasteiger partial charge in [-0.2, -0.15) is 0 Å². The maximum atomic E-state index is 15.4. The minimum atomic E-state index is -1.24. The van der Waals surface area contributed by atoms with Gasteiger partial charge in [-0.05, 0) is 37.1 Å². The molecule has 2 aliphatic heterocycles. The SMILES string of the molecule is C#Cc1cccc(F)c1C1C(C(=O)OC(C)N2CCN(C(c3ccccc3)c3ccccc3)CC2)=C(C)NC(N)=C1C(=O)OC. The summed E-state index contributed by atoms with van der Waals surface area (Å²) in [7, 11) is 1.19. The molecule has 45 heavy (non-hydrogen) atoms. The summed E-state index contributed by atoms with van der Waals surface area (Å²) in [6.45, 7) is 6.22. The monoisotopic (exact) mass is 608 g/mol. The lowest BCUT2D eigenvalue weighted by Gasteiger charge is -2.41. The van der Waals surface area contributed by atoms with E-state index in [0.29, 0.717) is 18.8 Å². The van der Waals surface area contributed by atoms with Gasteiger partial charge < -0.3 is 20.5 Å². The van der Waals surface area contributed by atoms with E-state index in [1.807, 2.05) is 19.1 Å². The van der Waals surface area contributed by atoms with E-state index in [4.69, 9.17) is 21.6 Å². The van der Waals surface area contributed by atoms with Gasteiger partial charge in [0.2, 0.25) is 0 Å². The van der Waals surface area contributed by atoms with Crippen LogP contribution in [0.1, 0.15) is 48.1 Å².